The highest BCUT2D eigenvalue weighted by atomic mass is 35.5. The lowest BCUT2D eigenvalue weighted by Crippen LogP contribution is -2.37. The van der Waals surface area contributed by atoms with Crippen molar-refractivity contribution in [3.8, 4) is 0 Å². The Hall–Kier alpha value is -2.40. The van der Waals surface area contributed by atoms with Gasteiger partial charge in [-0.3, -0.25) is 9.59 Å². The first-order valence-corrected chi connectivity index (χ1v) is 7.53. The predicted molar refractivity (Wildman–Crippen MR) is 86.1 cm³/mol. The minimum absolute atomic E-state index is 0.104. The van der Waals surface area contributed by atoms with Crippen LogP contribution in [0.15, 0.2) is 48.5 Å². The van der Waals surface area contributed by atoms with E-state index >= 15 is 0 Å². The third kappa shape index (κ3) is 3.51. The average molecular weight is 333 g/mol. The molecule has 1 heterocycles. The molecule has 0 aromatic heterocycles. The molecule has 1 aliphatic heterocycles. The van der Waals surface area contributed by atoms with Crippen LogP contribution in [0.3, 0.4) is 0 Å². The zero-order chi connectivity index (χ0) is 16.4. The maximum absolute atomic E-state index is 13.0. The predicted octanol–water partition coefficient (Wildman–Crippen LogP) is 3.01. The van der Waals surface area contributed by atoms with E-state index < -0.39 is 0 Å². The molecule has 23 heavy (non-hydrogen) atoms. The zero-order valence-electron chi connectivity index (χ0n) is 12.1. The number of benzene rings is 2. The summed E-state index contributed by atoms with van der Waals surface area (Å²) in [6.45, 7) is 0.358. The molecule has 1 fully saturated rings. The number of rotatable bonds is 3. The second-order valence-electron chi connectivity index (χ2n) is 5.37. The first kappa shape index (κ1) is 15.5. The van der Waals surface area contributed by atoms with E-state index in [4.69, 9.17) is 11.6 Å². The van der Waals surface area contributed by atoms with Crippen molar-refractivity contribution in [2.24, 2.45) is 0 Å². The third-order valence-electron chi connectivity index (χ3n) is 3.69. The summed E-state index contributed by atoms with van der Waals surface area (Å²) < 4.78 is 13.0. The van der Waals surface area contributed by atoms with Crippen molar-refractivity contribution in [2.45, 2.75) is 12.5 Å². The van der Waals surface area contributed by atoms with Gasteiger partial charge in [0.15, 0.2) is 0 Å². The fourth-order valence-electron chi connectivity index (χ4n) is 2.57. The van der Waals surface area contributed by atoms with Crippen molar-refractivity contribution in [3.63, 3.8) is 0 Å². The molecule has 1 unspecified atom stereocenters. The van der Waals surface area contributed by atoms with Crippen molar-refractivity contribution >= 4 is 29.1 Å². The van der Waals surface area contributed by atoms with Gasteiger partial charge in [-0.05, 0) is 42.5 Å². The number of amides is 2. The van der Waals surface area contributed by atoms with Gasteiger partial charge in [0.2, 0.25) is 5.91 Å². The van der Waals surface area contributed by atoms with E-state index in [9.17, 15) is 14.0 Å². The van der Waals surface area contributed by atoms with Gasteiger partial charge in [-0.2, -0.15) is 0 Å². The lowest BCUT2D eigenvalue weighted by Gasteiger charge is -2.17. The second-order valence-corrected chi connectivity index (χ2v) is 5.80. The fraction of sp³-hybridized carbons (Fsp3) is 0.176. The van der Waals surface area contributed by atoms with Crippen molar-refractivity contribution in [2.75, 3.05) is 11.4 Å². The van der Waals surface area contributed by atoms with Gasteiger partial charge < -0.3 is 10.2 Å². The summed E-state index contributed by atoms with van der Waals surface area (Å²) in [6.07, 6.45) is 0.212. The van der Waals surface area contributed by atoms with E-state index in [1.54, 1.807) is 41.3 Å². The molecule has 0 saturated carbocycles. The number of anilines is 1. The smallest absolute Gasteiger partial charge is 0.251 e. The normalized spacial score (nSPS) is 17.4. The molecule has 118 valence electrons. The molecule has 2 amide bonds. The lowest BCUT2D eigenvalue weighted by molar-refractivity contribution is -0.117. The highest BCUT2D eigenvalue weighted by Gasteiger charge is 2.31. The molecule has 1 atom stereocenters. The minimum atomic E-state index is -0.355. The lowest BCUT2D eigenvalue weighted by atomic mass is 10.2. The first-order chi connectivity index (χ1) is 11.0. The molecule has 0 aliphatic carbocycles. The quantitative estimate of drug-likeness (QED) is 0.939. The molecule has 0 bridgehead atoms. The number of nitrogens with one attached hydrogen (secondary N) is 1. The van der Waals surface area contributed by atoms with Crippen molar-refractivity contribution in [3.05, 3.63) is 64.9 Å². The van der Waals surface area contributed by atoms with Crippen LogP contribution in [0.25, 0.3) is 0 Å². The molecule has 2 aromatic carbocycles. The van der Waals surface area contributed by atoms with Crippen molar-refractivity contribution < 1.29 is 14.0 Å². The standard InChI is InChI=1S/C17H14ClFN2O2/c18-12-3-1-2-11(8-12)17(23)20-14-9-16(22)21(10-14)15-6-4-13(19)5-7-15/h1-8,14H,9-10H2,(H,20,23). The van der Waals surface area contributed by atoms with E-state index in [1.165, 1.54) is 12.1 Å². The Balaban J connectivity index is 1.68. The first-order valence-electron chi connectivity index (χ1n) is 7.15. The summed E-state index contributed by atoms with van der Waals surface area (Å²) in [5.74, 6) is -0.731. The fourth-order valence-corrected chi connectivity index (χ4v) is 2.76. The highest BCUT2D eigenvalue weighted by molar-refractivity contribution is 6.30. The van der Waals surface area contributed by atoms with Gasteiger partial charge in [0, 0.05) is 29.2 Å². The number of carbonyl (C=O) groups is 2. The van der Waals surface area contributed by atoms with E-state index in [1.807, 2.05) is 0 Å². The molecule has 1 aliphatic rings. The Morgan fingerprint density at radius 1 is 1.22 bits per heavy atom. The van der Waals surface area contributed by atoms with Crippen molar-refractivity contribution in [1.29, 1.82) is 0 Å². The molecule has 2 aromatic rings. The van der Waals surface area contributed by atoms with Gasteiger partial charge in [0.25, 0.3) is 5.91 Å². The van der Waals surface area contributed by atoms with Crippen molar-refractivity contribution in [1.82, 2.24) is 5.32 Å². The summed E-state index contributed by atoms with van der Waals surface area (Å²) in [5, 5.41) is 3.31. The van der Waals surface area contributed by atoms with E-state index in [-0.39, 0.29) is 30.1 Å². The Bertz CT molecular complexity index is 749. The van der Waals surface area contributed by atoms with Gasteiger partial charge in [-0.15, -0.1) is 0 Å². The van der Waals surface area contributed by atoms with Crippen LogP contribution >= 0.6 is 11.6 Å². The van der Waals surface area contributed by atoms with Crippen LogP contribution in [0, 0.1) is 5.82 Å². The van der Waals surface area contributed by atoms with Gasteiger partial charge in [-0.25, -0.2) is 4.39 Å². The van der Waals surface area contributed by atoms with Crippen LogP contribution in [0.1, 0.15) is 16.8 Å². The number of carbonyl (C=O) groups excluding carboxylic acids is 2. The summed E-state index contributed by atoms with van der Waals surface area (Å²) in [4.78, 5) is 25.8. The largest absolute Gasteiger partial charge is 0.347 e. The van der Waals surface area contributed by atoms with Gasteiger partial charge in [-0.1, -0.05) is 17.7 Å². The summed E-state index contributed by atoms with van der Waals surface area (Å²) in [6, 6.07) is 12.0. The Morgan fingerprint density at radius 3 is 2.65 bits per heavy atom. The van der Waals surface area contributed by atoms with Crippen LogP contribution in [0.4, 0.5) is 10.1 Å². The van der Waals surface area contributed by atoms with Gasteiger partial charge >= 0.3 is 0 Å². The number of halogens is 2. The van der Waals surface area contributed by atoms with Crippen LogP contribution in [-0.2, 0) is 4.79 Å². The molecule has 0 radical (unpaired) electrons. The van der Waals surface area contributed by atoms with E-state index in [0.717, 1.165) is 0 Å². The van der Waals surface area contributed by atoms with Crippen LogP contribution in [-0.4, -0.2) is 24.4 Å². The average Bonchev–Trinajstić information content (AvgIpc) is 2.88. The molecule has 4 nitrogen and oxygen atoms in total. The molecule has 1 saturated heterocycles. The monoisotopic (exact) mass is 332 g/mol. The maximum atomic E-state index is 13.0. The molecule has 3 rings (SSSR count). The zero-order valence-corrected chi connectivity index (χ0v) is 12.9. The second kappa shape index (κ2) is 6.38. The van der Waals surface area contributed by atoms with Crippen LogP contribution in [0.2, 0.25) is 5.02 Å². The SMILES string of the molecule is O=C(NC1CC(=O)N(c2ccc(F)cc2)C1)c1cccc(Cl)c1. The van der Waals surface area contributed by atoms with E-state index in [2.05, 4.69) is 5.32 Å². The summed E-state index contributed by atoms with van der Waals surface area (Å²) >= 11 is 5.87. The van der Waals surface area contributed by atoms with Crippen LogP contribution < -0.4 is 10.2 Å². The van der Waals surface area contributed by atoms with Gasteiger partial charge in [0.1, 0.15) is 5.82 Å². The number of hydrogen-bond donors (Lipinski definition) is 1. The Labute approximate surface area is 137 Å². The maximum Gasteiger partial charge on any atom is 0.251 e. The molecule has 1 N–H and O–H groups in total. The number of hydrogen-bond acceptors (Lipinski definition) is 2. The third-order valence-corrected chi connectivity index (χ3v) is 3.92. The Morgan fingerprint density at radius 2 is 1.96 bits per heavy atom. The van der Waals surface area contributed by atoms with Gasteiger partial charge in [0.05, 0.1) is 6.04 Å². The molecule has 0 spiro atoms. The summed E-state index contributed by atoms with van der Waals surface area (Å²) in [7, 11) is 0. The molecular weight excluding hydrogens is 319 g/mol. The Kier molecular flexibility index (Phi) is 4.30. The van der Waals surface area contributed by atoms with Crippen LogP contribution in [0.5, 0.6) is 0 Å². The minimum Gasteiger partial charge on any atom is -0.347 e. The number of nitrogens with zero attached hydrogens (tertiary/aromatic N) is 1. The summed E-state index contributed by atoms with van der Waals surface area (Å²) in [5.41, 5.74) is 1.07. The highest BCUT2D eigenvalue weighted by Crippen LogP contribution is 2.22. The molecule has 6 heteroatoms. The van der Waals surface area contributed by atoms with E-state index in [0.29, 0.717) is 22.8 Å². The molecular formula is C17H14ClFN2O2. The topological polar surface area (TPSA) is 49.4 Å².